The van der Waals surface area contributed by atoms with E-state index in [2.05, 4.69) is 10.7 Å². The highest BCUT2D eigenvalue weighted by atomic mass is 19.3. The van der Waals surface area contributed by atoms with Crippen LogP contribution in [0.3, 0.4) is 0 Å². The molecule has 80 valence electrons. The monoisotopic (exact) mass is 210 g/mol. The Labute approximate surface area is 88.1 Å². The lowest BCUT2D eigenvalue weighted by molar-refractivity contribution is -0.0503. The van der Waals surface area contributed by atoms with Gasteiger partial charge in [0.25, 0.3) is 0 Å². The third kappa shape index (κ3) is 3.59. The lowest BCUT2D eigenvalue weighted by Crippen LogP contribution is -2.03. The molecule has 0 aliphatic carbocycles. The SMILES string of the molecule is C#CCCc1ccc(C)c(OC(F)F)c1. The quantitative estimate of drug-likeness (QED) is 0.693. The van der Waals surface area contributed by atoms with Crippen molar-refractivity contribution in [1.29, 1.82) is 0 Å². The third-order valence-corrected chi connectivity index (χ3v) is 2.03. The van der Waals surface area contributed by atoms with Crippen LogP contribution in [0.2, 0.25) is 0 Å². The van der Waals surface area contributed by atoms with Crippen LogP contribution >= 0.6 is 0 Å². The van der Waals surface area contributed by atoms with E-state index >= 15 is 0 Å². The van der Waals surface area contributed by atoms with Crippen LogP contribution in [0, 0.1) is 19.3 Å². The Kier molecular flexibility index (Phi) is 4.11. The van der Waals surface area contributed by atoms with Crippen LogP contribution in [-0.4, -0.2) is 6.61 Å². The molecular formula is C12H12F2O. The predicted molar refractivity (Wildman–Crippen MR) is 55.0 cm³/mol. The van der Waals surface area contributed by atoms with Crippen LogP contribution in [0.5, 0.6) is 5.75 Å². The summed E-state index contributed by atoms with van der Waals surface area (Å²) < 4.78 is 28.4. The van der Waals surface area contributed by atoms with Crippen LogP contribution in [-0.2, 0) is 6.42 Å². The minimum Gasteiger partial charge on any atom is -0.435 e. The van der Waals surface area contributed by atoms with Crippen molar-refractivity contribution in [3.8, 4) is 18.1 Å². The van der Waals surface area contributed by atoms with Gasteiger partial charge in [-0.05, 0) is 30.5 Å². The van der Waals surface area contributed by atoms with Crippen LogP contribution in [0.15, 0.2) is 18.2 Å². The molecule has 0 bridgehead atoms. The standard InChI is InChI=1S/C12H12F2O/c1-3-4-5-10-7-6-9(2)11(8-10)15-12(13)14/h1,6-8,12H,4-5H2,2H3. The Morgan fingerprint density at radius 2 is 2.20 bits per heavy atom. The van der Waals surface area contributed by atoms with Gasteiger partial charge in [0.1, 0.15) is 5.75 Å². The van der Waals surface area contributed by atoms with Gasteiger partial charge in [-0.15, -0.1) is 12.3 Å². The predicted octanol–water partition coefficient (Wildman–Crippen LogP) is 3.16. The van der Waals surface area contributed by atoms with Gasteiger partial charge in [0, 0.05) is 6.42 Å². The minimum absolute atomic E-state index is 0.222. The molecule has 0 saturated carbocycles. The van der Waals surface area contributed by atoms with Crippen molar-refractivity contribution in [3.63, 3.8) is 0 Å². The molecule has 1 aromatic rings. The highest BCUT2D eigenvalue weighted by Crippen LogP contribution is 2.22. The number of hydrogen-bond donors (Lipinski definition) is 0. The molecular weight excluding hydrogens is 198 g/mol. The van der Waals surface area contributed by atoms with Crippen molar-refractivity contribution in [2.24, 2.45) is 0 Å². The Morgan fingerprint density at radius 3 is 2.80 bits per heavy atom. The summed E-state index contributed by atoms with van der Waals surface area (Å²) in [5.41, 5.74) is 1.61. The smallest absolute Gasteiger partial charge is 0.387 e. The first-order valence-corrected chi connectivity index (χ1v) is 4.61. The van der Waals surface area contributed by atoms with Gasteiger partial charge in [0.05, 0.1) is 0 Å². The number of aryl methyl sites for hydroxylation is 2. The maximum atomic E-state index is 12.0. The number of halogens is 2. The van der Waals surface area contributed by atoms with Crippen molar-refractivity contribution in [3.05, 3.63) is 29.3 Å². The molecule has 1 rings (SSSR count). The summed E-state index contributed by atoms with van der Waals surface area (Å²) in [4.78, 5) is 0. The van der Waals surface area contributed by atoms with Crippen LogP contribution < -0.4 is 4.74 Å². The lowest BCUT2D eigenvalue weighted by atomic mass is 10.1. The van der Waals surface area contributed by atoms with E-state index in [1.165, 1.54) is 0 Å². The zero-order valence-corrected chi connectivity index (χ0v) is 8.47. The van der Waals surface area contributed by atoms with Gasteiger partial charge in [-0.2, -0.15) is 8.78 Å². The van der Waals surface area contributed by atoms with Crippen molar-refractivity contribution < 1.29 is 13.5 Å². The minimum atomic E-state index is -2.79. The molecule has 0 atom stereocenters. The molecule has 1 aromatic carbocycles. The van der Waals surface area contributed by atoms with Gasteiger partial charge in [0.15, 0.2) is 0 Å². The fourth-order valence-electron chi connectivity index (χ4n) is 1.24. The Hall–Kier alpha value is -1.56. The van der Waals surface area contributed by atoms with E-state index in [0.717, 1.165) is 5.56 Å². The molecule has 0 radical (unpaired) electrons. The first-order chi connectivity index (χ1) is 7.13. The number of terminal acetylenes is 1. The highest BCUT2D eigenvalue weighted by Gasteiger charge is 2.07. The Balaban J connectivity index is 2.81. The molecule has 0 fully saturated rings. The molecule has 3 heteroatoms. The molecule has 0 aliphatic heterocycles. The lowest BCUT2D eigenvalue weighted by Gasteiger charge is -2.09. The molecule has 0 heterocycles. The van der Waals surface area contributed by atoms with Gasteiger partial charge in [-0.3, -0.25) is 0 Å². The molecule has 0 saturated heterocycles. The van der Waals surface area contributed by atoms with E-state index in [1.54, 1.807) is 19.1 Å². The first-order valence-electron chi connectivity index (χ1n) is 4.61. The van der Waals surface area contributed by atoms with E-state index in [1.807, 2.05) is 6.07 Å². The summed E-state index contributed by atoms with van der Waals surface area (Å²) in [5, 5.41) is 0. The maximum absolute atomic E-state index is 12.0. The van der Waals surface area contributed by atoms with Gasteiger partial charge < -0.3 is 4.74 Å². The Morgan fingerprint density at radius 1 is 1.47 bits per heavy atom. The van der Waals surface area contributed by atoms with Crippen molar-refractivity contribution in [1.82, 2.24) is 0 Å². The van der Waals surface area contributed by atoms with Crippen molar-refractivity contribution >= 4 is 0 Å². The molecule has 0 spiro atoms. The second-order valence-corrected chi connectivity index (χ2v) is 3.18. The van der Waals surface area contributed by atoms with E-state index in [9.17, 15) is 8.78 Å². The summed E-state index contributed by atoms with van der Waals surface area (Å²) in [6, 6.07) is 5.23. The fourth-order valence-corrected chi connectivity index (χ4v) is 1.24. The van der Waals surface area contributed by atoms with E-state index in [-0.39, 0.29) is 5.75 Å². The van der Waals surface area contributed by atoms with Crippen LogP contribution in [0.4, 0.5) is 8.78 Å². The van der Waals surface area contributed by atoms with Gasteiger partial charge >= 0.3 is 6.61 Å². The van der Waals surface area contributed by atoms with Crippen LogP contribution in [0.1, 0.15) is 17.5 Å². The summed E-state index contributed by atoms with van der Waals surface area (Å²) in [5.74, 6) is 2.72. The number of rotatable bonds is 4. The topological polar surface area (TPSA) is 9.23 Å². The fraction of sp³-hybridized carbons (Fsp3) is 0.333. The largest absolute Gasteiger partial charge is 0.435 e. The van der Waals surface area contributed by atoms with Crippen LogP contribution in [0.25, 0.3) is 0 Å². The molecule has 0 unspecified atom stereocenters. The number of benzene rings is 1. The maximum Gasteiger partial charge on any atom is 0.387 e. The summed E-state index contributed by atoms with van der Waals surface area (Å²) in [6.45, 7) is -1.06. The summed E-state index contributed by atoms with van der Waals surface area (Å²) in [6.07, 6.45) is 6.40. The normalized spacial score (nSPS) is 10.1. The average molecular weight is 210 g/mol. The summed E-state index contributed by atoms with van der Waals surface area (Å²) in [7, 11) is 0. The van der Waals surface area contributed by atoms with E-state index < -0.39 is 6.61 Å². The van der Waals surface area contributed by atoms with Crippen molar-refractivity contribution in [2.45, 2.75) is 26.4 Å². The van der Waals surface area contributed by atoms with Gasteiger partial charge in [0.2, 0.25) is 0 Å². The molecule has 0 N–H and O–H groups in total. The van der Waals surface area contributed by atoms with E-state index in [4.69, 9.17) is 6.42 Å². The molecule has 1 nitrogen and oxygen atoms in total. The molecule has 15 heavy (non-hydrogen) atoms. The zero-order chi connectivity index (χ0) is 11.3. The second-order valence-electron chi connectivity index (χ2n) is 3.18. The first kappa shape index (κ1) is 11.5. The second kappa shape index (κ2) is 5.35. The average Bonchev–Trinajstić information content (AvgIpc) is 2.18. The summed E-state index contributed by atoms with van der Waals surface area (Å²) >= 11 is 0. The third-order valence-electron chi connectivity index (χ3n) is 2.03. The number of ether oxygens (including phenoxy) is 1. The zero-order valence-electron chi connectivity index (χ0n) is 8.47. The van der Waals surface area contributed by atoms with E-state index in [0.29, 0.717) is 18.4 Å². The van der Waals surface area contributed by atoms with Crippen molar-refractivity contribution in [2.75, 3.05) is 0 Å². The Bertz CT molecular complexity index is 366. The number of hydrogen-bond acceptors (Lipinski definition) is 1. The van der Waals surface area contributed by atoms with Gasteiger partial charge in [-0.25, -0.2) is 0 Å². The number of alkyl halides is 2. The molecule has 0 aliphatic rings. The van der Waals surface area contributed by atoms with Gasteiger partial charge in [-0.1, -0.05) is 12.1 Å². The molecule has 0 aromatic heterocycles. The highest BCUT2D eigenvalue weighted by molar-refractivity contribution is 5.36. The molecule has 0 amide bonds.